The van der Waals surface area contributed by atoms with Crippen molar-refractivity contribution in [3.8, 4) is 6.07 Å². The fourth-order valence-corrected chi connectivity index (χ4v) is 2.44. The Bertz CT molecular complexity index is 765. The van der Waals surface area contributed by atoms with Gasteiger partial charge >= 0.3 is 0 Å². The predicted molar refractivity (Wildman–Crippen MR) is 91.3 cm³/mol. The van der Waals surface area contributed by atoms with E-state index in [9.17, 15) is 0 Å². The molecule has 0 amide bonds. The van der Waals surface area contributed by atoms with Gasteiger partial charge in [-0.25, -0.2) is 4.98 Å². The van der Waals surface area contributed by atoms with Crippen molar-refractivity contribution in [2.45, 2.75) is 0 Å². The Balaban J connectivity index is 1.75. The molecule has 2 N–H and O–H groups in total. The molecule has 1 aromatic carbocycles. The van der Waals surface area contributed by atoms with Crippen molar-refractivity contribution in [1.82, 2.24) is 4.98 Å². The molecule has 0 radical (unpaired) electrons. The Labute approximate surface area is 139 Å². The van der Waals surface area contributed by atoms with E-state index >= 15 is 0 Å². The second kappa shape index (κ2) is 7.14. The first-order chi connectivity index (χ1) is 11.2. The number of fused-ring (bicyclic) bond motifs is 1. The fraction of sp³-hybridized carbons (Fsp3) is 0.176. The molecule has 23 heavy (non-hydrogen) atoms. The second-order valence-electron chi connectivity index (χ2n) is 5.10. The molecule has 1 aromatic heterocycles. The third-order valence-corrected chi connectivity index (χ3v) is 3.65. The zero-order valence-electron chi connectivity index (χ0n) is 12.3. The van der Waals surface area contributed by atoms with Crippen LogP contribution in [-0.4, -0.2) is 24.9 Å². The number of pyridine rings is 1. The van der Waals surface area contributed by atoms with Crippen LogP contribution in [-0.2, 0) is 4.74 Å². The summed E-state index contributed by atoms with van der Waals surface area (Å²) in [6, 6.07) is 11.3. The molecule has 0 bridgehead atoms. The number of hydrogen-bond donors (Lipinski definition) is 2. The minimum atomic E-state index is 0.446. The van der Waals surface area contributed by atoms with Crippen molar-refractivity contribution >= 4 is 29.2 Å². The Morgan fingerprint density at radius 2 is 2.26 bits per heavy atom. The molecule has 2 heterocycles. The normalized spacial score (nSPS) is 15.9. The number of benzene rings is 1. The molecule has 0 atom stereocenters. The smallest absolute Gasteiger partial charge is 0.126 e. The zero-order valence-corrected chi connectivity index (χ0v) is 13.1. The predicted octanol–water partition coefficient (Wildman–Crippen LogP) is 3.50. The van der Waals surface area contributed by atoms with Crippen molar-refractivity contribution in [2.24, 2.45) is 0 Å². The minimum Gasteiger partial charge on any atom is -0.366 e. The van der Waals surface area contributed by atoms with Crippen LogP contribution in [0.5, 0.6) is 0 Å². The summed E-state index contributed by atoms with van der Waals surface area (Å²) in [5.74, 6) is 0.719. The molecule has 6 heteroatoms. The lowest BCUT2D eigenvalue weighted by atomic mass is 10.1. The van der Waals surface area contributed by atoms with Gasteiger partial charge in [0, 0.05) is 23.5 Å². The molecule has 0 saturated carbocycles. The number of nitriles is 1. The molecular formula is C17H15ClN4O. The Hall–Kier alpha value is -2.55. The summed E-state index contributed by atoms with van der Waals surface area (Å²) in [7, 11) is 0. The fourth-order valence-electron chi connectivity index (χ4n) is 2.26. The number of aromatic nitrogens is 1. The molecule has 1 aliphatic rings. The van der Waals surface area contributed by atoms with Gasteiger partial charge in [0.1, 0.15) is 18.6 Å². The van der Waals surface area contributed by atoms with Crippen LogP contribution in [0, 0.1) is 11.3 Å². The standard InChI is InChI=1S/C17H15ClN4O/c18-15-2-3-16-14(6-15)5-13(10-23-11-22-16)9-21-17-4-1-12(7-19)8-20-17/h1-6,8,22H,9-11H2,(H,20,21)/b13-5-. The SMILES string of the molecule is N#Cc1ccc(NC/C2=C/c3cc(Cl)ccc3NCOC2)nc1. The topological polar surface area (TPSA) is 70.0 Å². The van der Waals surface area contributed by atoms with Gasteiger partial charge in [-0.05, 0) is 47.5 Å². The summed E-state index contributed by atoms with van der Waals surface area (Å²) in [5.41, 5.74) is 3.65. The van der Waals surface area contributed by atoms with Crippen LogP contribution in [0.3, 0.4) is 0 Å². The molecule has 0 saturated heterocycles. The molecule has 2 aromatic rings. The average Bonchev–Trinajstić information content (AvgIpc) is 2.55. The van der Waals surface area contributed by atoms with Gasteiger partial charge in [0.2, 0.25) is 0 Å². The maximum Gasteiger partial charge on any atom is 0.126 e. The lowest BCUT2D eigenvalue weighted by molar-refractivity contribution is 0.175. The van der Waals surface area contributed by atoms with Crippen LogP contribution in [0.15, 0.2) is 42.1 Å². The molecule has 0 spiro atoms. The molecule has 1 aliphatic heterocycles. The number of nitrogens with zero attached hydrogens (tertiary/aromatic N) is 2. The van der Waals surface area contributed by atoms with Crippen molar-refractivity contribution in [1.29, 1.82) is 5.26 Å². The summed E-state index contributed by atoms with van der Waals surface area (Å²) < 4.78 is 5.58. The van der Waals surface area contributed by atoms with Crippen molar-refractivity contribution in [3.63, 3.8) is 0 Å². The van der Waals surface area contributed by atoms with Crippen LogP contribution in [0.1, 0.15) is 11.1 Å². The largest absolute Gasteiger partial charge is 0.366 e. The van der Waals surface area contributed by atoms with E-state index in [1.807, 2.05) is 18.2 Å². The van der Waals surface area contributed by atoms with Gasteiger partial charge in [-0.1, -0.05) is 11.6 Å². The number of halogens is 1. The number of ether oxygens (including phenoxy) is 1. The molecule has 5 nitrogen and oxygen atoms in total. The van der Waals surface area contributed by atoms with Gasteiger partial charge in [-0.3, -0.25) is 0 Å². The monoisotopic (exact) mass is 326 g/mol. The van der Waals surface area contributed by atoms with Gasteiger partial charge in [0.15, 0.2) is 0 Å². The number of hydrogen-bond acceptors (Lipinski definition) is 5. The quantitative estimate of drug-likeness (QED) is 0.903. The Kier molecular flexibility index (Phi) is 4.77. The third-order valence-electron chi connectivity index (χ3n) is 3.41. The molecular weight excluding hydrogens is 312 g/mol. The number of rotatable bonds is 3. The summed E-state index contributed by atoms with van der Waals surface area (Å²) in [5, 5.41) is 15.9. The molecule has 116 valence electrons. The summed E-state index contributed by atoms with van der Waals surface area (Å²) in [6.07, 6.45) is 3.61. The van der Waals surface area contributed by atoms with E-state index in [-0.39, 0.29) is 0 Å². The molecule has 0 fully saturated rings. The number of nitrogens with one attached hydrogen (secondary N) is 2. The van der Waals surface area contributed by atoms with Crippen molar-refractivity contribution in [3.05, 3.63) is 58.3 Å². The lowest BCUT2D eigenvalue weighted by Crippen LogP contribution is -2.16. The highest BCUT2D eigenvalue weighted by Crippen LogP contribution is 2.24. The summed E-state index contributed by atoms with van der Waals surface area (Å²) >= 11 is 6.08. The first-order valence-electron chi connectivity index (χ1n) is 7.15. The van der Waals surface area contributed by atoms with Crippen LogP contribution in [0.25, 0.3) is 6.08 Å². The van der Waals surface area contributed by atoms with E-state index < -0.39 is 0 Å². The van der Waals surface area contributed by atoms with E-state index in [0.717, 1.165) is 22.6 Å². The Morgan fingerprint density at radius 3 is 3.04 bits per heavy atom. The third kappa shape index (κ3) is 4.01. The average molecular weight is 327 g/mol. The lowest BCUT2D eigenvalue weighted by Gasteiger charge is -2.17. The van der Waals surface area contributed by atoms with E-state index in [4.69, 9.17) is 21.6 Å². The van der Waals surface area contributed by atoms with Crippen LogP contribution < -0.4 is 10.6 Å². The van der Waals surface area contributed by atoms with Gasteiger partial charge in [-0.15, -0.1) is 0 Å². The van der Waals surface area contributed by atoms with Crippen LogP contribution in [0.4, 0.5) is 11.5 Å². The molecule has 0 unspecified atom stereocenters. The number of anilines is 2. The minimum absolute atomic E-state index is 0.446. The van der Waals surface area contributed by atoms with Gasteiger partial charge in [0.25, 0.3) is 0 Å². The van der Waals surface area contributed by atoms with E-state index in [0.29, 0.717) is 30.5 Å². The maximum absolute atomic E-state index is 8.78. The van der Waals surface area contributed by atoms with Gasteiger partial charge in [0.05, 0.1) is 12.2 Å². The Morgan fingerprint density at radius 1 is 1.35 bits per heavy atom. The summed E-state index contributed by atoms with van der Waals surface area (Å²) in [6.45, 7) is 1.56. The van der Waals surface area contributed by atoms with Gasteiger partial charge < -0.3 is 15.4 Å². The molecule has 3 rings (SSSR count). The molecule has 0 aliphatic carbocycles. The zero-order chi connectivity index (χ0) is 16.1. The highest BCUT2D eigenvalue weighted by Gasteiger charge is 2.08. The first kappa shape index (κ1) is 15.3. The maximum atomic E-state index is 8.78. The van der Waals surface area contributed by atoms with E-state index in [1.165, 1.54) is 0 Å². The second-order valence-corrected chi connectivity index (χ2v) is 5.54. The van der Waals surface area contributed by atoms with Crippen LogP contribution in [0.2, 0.25) is 5.02 Å². The van der Waals surface area contributed by atoms with Crippen molar-refractivity contribution in [2.75, 3.05) is 30.5 Å². The highest BCUT2D eigenvalue weighted by molar-refractivity contribution is 6.30. The van der Waals surface area contributed by atoms with E-state index in [1.54, 1.807) is 18.3 Å². The summed E-state index contributed by atoms with van der Waals surface area (Å²) in [4.78, 5) is 4.20. The highest BCUT2D eigenvalue weighted by atomic mass is 35.5. The van der Waals surface area contributed by atoms with Crippen molar-refractivity contribution < 1.29 is 4.74 Å². The van der Waals surface area contributed by atoms with Gasteiger partial charge in [-0.2, -0.15) is 5.26 Å². The van der Waals surface area contributed by atoms with E-state index in [2.05, 4.69) is 27.8 Å². The van der Waals surface area contributed by atoms with Crippen LogP contribution >= 0.6 is 11.6 Å². The first-order valence-corrected chi connectivity index (χ1v) is 7.53.